The molecule has 2 saturated heterocycles. The fourth-order valence-electron chi connectivity index (χ4n) is 4.48. The molecule has 7 nitrogen and oxygen atoms in total. The van der Waals surface area contributed by atoms with Crippen LogP contribution in [0.4, 0.5) is 5.82 Å². The van der Waals surface area contributed by atoms with E-state index in [0.29, 0.717) is 25.2 Å². The average Bonchev–Trinajstić information content (AvgIpc) is 3.06. The Hall–Kier alpha value is -2.38. The molecule has 2 aliphatic rings. The lowest BCUT2D eigenvalue weighted by Gasteiger charge is -2.36. The number of piperazine rings is 1. The molecule has 1 unspecified atom stereocenters. The fraction of sp³-hybridized carbons (Fsp3) is 0.478. The van der Waals surface area contributed by atoms with Gasteiger partial charge in [-0.3, -0.25) is 14.6 Å². The van der Waals surface area contributed by atoms with Crippen LogP contribution in [0.3, 0.4) is 0 Å². The van der Waals surface area contributed by atoms with Crippen LogP contribution in [0.1, 0.15) is 45.6 Å². The van der Waals surface area contributed by atoms with E-state index in [9.17, 15) is 9.59 Å². The third kappa shape index (κ3) is 4.99. The summed E-state index contributed by atoms with van der Waals surface area (Å²) in [6.45, 7) is 11.6. The average molecular weight is 480 g/mol. The molecule has 0 radical (unpaired) electrons. The second-order valence-corrected chi connectivity index (χ2v) is 8.56. The molecule has 4 rings (SSSR count). The Labute approximate surface area is 201 Å². The highest BCUT2D eigenvalue weighted by molar-refractivity contribution is 5.95. The first-order valence-corrected chi connectivity index (χ1v) is 10.6. The Balaban J connectivity index is 0.00000181. The van der Waals surface area contributed by atoms with Gasteiger partial charge in [0, 0.05) is 45.1 Å². The number of carbonyl (C=O) groups excluding carboxylic acids is 2. The van der Waals surface area contributed by atoms with Gasteiger partial charge in [-0.05, 0) is 49.4 Å². The van der Waals surface area contributed by atoms with Gasteiger partial charge in [-0.25, -0.2) is 4.98 Å². The Morgan fingerprint density at radius 2 is 1.69 bits per heavy atom. The summed E-state index contributed by atoms with van der Waals surface area (Å²) >= 11 is 0. The summed E-state index contributed by atoms with van der Waals surface area (Å²) in [4.78, 5) is 38.4. The monoisotopic (exact) mass is 479 g/mol. The first-order chi connectivity index (χ1) is 14.3. The lowest BCUT2D eigenvalue weighted by molar-refractivity contribution is -0.120. The molecule has 0 spiro atoms. The minimum absolute atomic E-state index is 0. The highest BCUT2D eigenvalue weighted by Crippen LogP contribution is 2.29. The van der Waals surface area contributed by atoms with Crippen molar-refractivity contribution in [2.75, 3.05) is 37.6 Å². The SMILES string of the molecule is Cc1cnc(N2CCN(C(=O)c3cnc([C@@H]4C(=O)NCC4C)cc3C)CC2)c(C)c1.Cl.Cl. The van der Waals surface area contributed by atoms with Crippen molar-refractivity contribution in [3.8, 4) is 0 Å². The number of aromatic nitrogens is 2. The fourth-order valence-corrected chi connectivity index (χ4v) is 4.48. The van der Waals surface area contributed by atoms with Gasteiger partial charge < -0.3 is 15.1 Å². The van der Waals surface area contributed by atoms with E-state index >= 15 is 0 Å². The van der Waals surface area contributed by atoms with Crippen LogP contribution in [-0.2, 0) is 4.79 Å². The van der Waals surface area contributed by atoms with E-state index in [2.05, 4.69) is 33.2 Å². The zero-order valence-electron chi connectivity index (χ0n) is 18.9. The Kier molecular flexibility index (Phi) is 8.48. The molecule has 1 N–H and O–H groups in total. The van der Waals surface area contributed by atoms with Crippen molar-refractivity contribution in [1.82, 2.24) is 20.2 Å². The number of carbonyl (C=O) groups is 2. The minimum Gasteiger partial charge on any atom is -0.355 e. The van der Waals surface area contributed by atoms with Gasteiger partial charge in [0.25, 0.3) is 5.91 Å². The predicted octanol–water partition coefficient (Wildman–Crippen LogP) is 3.06. The van der Waals surface area contributed by atoms with Gasteiger partial charge in [0.05, 0.1) is 17.2 Å². The van der Waals surface area contributed by atoms with Gasteiger partial charge in [0.15, 0.2) is 0 Å². The normalized spacial score (nSPS) is 20.3. The van der Waals surface area contributed by atoms with Crippen molar-refractivity contribution in [3.63, 3.8) is 0 Å². The maximum absolute atomic E-state index is 13.1. The van der Waals surface area contributed by atoms with Crippen LogP contribution in [0.2, 0.25) is 0 Å². The van der Waals surface area contributed by atoms with Crippen LogP contribution < -0.4 is 10.2 Å². The van der Waals surface area contributed by atoms with E-state index in [0.717, 1.165) is 41.3 Å². The lowest BCUT2D eigenvalue weighted by atomic mass is 9.92. The van der Waals surface area contributed by atoms with Gasteiger partial charge in [0.2, 0.25) is 5.91 Å². The summed E-state index contributed by atoms with van der Waals surface area (Å²) in [6.07, 6.45) is 3.53. The lowest BCUT2D eigenvalue weighted by Crippen LogP contribution is -2.49. The van der Waals surface area contributed by atoms with Crippen molar-refractivity contribution < 1.29 is 9.59 Å². The molecule has 9 heteroatoms. The van der Waals surface area contributed by atoms with Crippen LogP contribution in [0.15, 0.2) is 24.5 Å². The number of hydrogen-bond acceptors (Lipinski definition) is 5. The predicted molar refractivity (Wildman–Crippen MR) is 130 cm³/mol. The number of rotatable bonds is 3. The van der Waals surface area contributed by atoms with E-state index < -0.39 is 0 Å². The highest BCUT2D eigenvalue weighted by Gasteiger charge is 2.34. The topological polar surface area (TPSA) is 78.4 Å². The van der Waals surface area contributed by atoms with Crippen molar-refractivity contribution in [1.29, 1.82) is 0 Å². The maximum atomic E-state index is 13.1. The molecule has 2 aliphatic heterocycles. The number of nitrogens with one attached hydrogen (secondary N) is 1. The van der Waals surface area contributed by atoms with E-state index in [1.165, 1.54) is 0 Å². The Morgan fingerprint density at radius 3 is 2.25 bits per heavy atom. The van der Waals surface area contributed by atoms with E-state index in [-0.39, 0.29) is 48.5 Å². The van der Waals surface area contributed by atoms with Crippen molar-refractivity contribution in [2.45, 2.75) is 33.6 Å². The summed E-state index contributed by atoms with van der Waals surface area (Å²) in [6, 6.07) is 4.04. The van der Waals surface area contributed by atoms with Gasteiger partial charge in [0.1, 0.15) is 5.82 Å². The molecular weight excluding hydrogens is 449 g/mol. The van der Waals surface area contributed by atoms with Crippen LogP contribution in [0.25, 0.3) is 0 Å². The number of halogens is 2. The van der Waals surface area contributed by atoms with Crippen molar-refractivity contribution >= 4 is 42.4 Å². The molecule has 0 bridgehead atoms. The number of hydrogen-bond donors (Lipinski definition) is 1. The third-order valence-electron chi connectivity index (χ3n) is 6.18. The molecule has 2 amide bonds. The first kappa shape index (κ1) is 25.9. The second-order valence-electron chi connectivity index (χ2n) is 8.56. The highest BCUT2D eigenvalue weighted by atomic mass is 35.5. The summed E-state index contributed by atoms with van der Waals surface area (Å²) in [5.41, 5.74) is 4.55. The molecule has 2 aromatic heterocycles. The quantitative estimate of drug-likeness (QED) is 0.731. The smallest absolute Gasteiger partial charge is 0.255 e. The molecular formula is C23H31Cl2N5O2. The van der Waals surface area contributed by atoms with E-state index in [1.54, 1.807) is 6.20 Å². The zero-order valence-corrected chi connectivity index (χ0v) is 20.6. The number of amides is 2. The van der Waals surface area contributed by atoms with Gasteiger partial charge >= 0.3 is 0 Å². The van der Waals surface area contributed by atoms with Crippen molar-refractivity contribution in [3.05, 3.63) is 52.5 Å². The molecule has 2 aromatic rings. The molecule has 0 aliphatic carbocycles. The van der Waals surface area contributed by atoms with Crippen LogP contribution >= 0.6 is 24.8 Å². The van der Waals surface area contributed by atoms with Gasteiger partial charge in [-0.15, -0.1) is 24.8 Å². The van der Waals surface area contributed by atoms with Crippen LogP contribution in [0.5, 0.6) is 0 Å². The molecule has 4 heterocycles. The van der Waals surface area contributed by atoms with Crippen molar-refractivity contribution in [2.24, 2.45) is 5.92 Å². The summed E-state index contributed by atoms with van der Waals surface area (Å²) in [7, 11) is 0. The number of nitrogens with zero attached hydrogens (tertiary/aromatic N) is 4. The Morgan fingerprint density at radius 1 is 1.00 bits per heavy atom. The van der Waals surface area contributed by atoms with E-state index in [1.807, 2.05) is 37.9 Å². The molecule has 2 fully saturated rings. The number of pyridine rings is 2. The zero-order chi connectivity index (χ0) is 21.4. The number of anilines is 1. The summed E-state index contributed by atoms with van der Waals surface area (Å²) < 4.78 is 0. The Bertz CT molecular complexity index is 992. The third-order valence-corrected chi connectivity index (χ3v) is 6.18. The first-order valence-electron chi connectivity index (χ1n) is 10.6. The minimum atomic E-state index is -0.235. The summed E-state index contributed by atoms with van der Waals surface area (Å²) in [5.74, 6) is 0.992. The summed E-state index contributed by atoms with van der Waals surface area (Å²) in [5, 5.41) is 2.89. The standard InChI is InChI=1S/C23H29N5O2.2ClH/c1-14-9-16(3)21(25-11-14)27-5-7-28(8-6-27)23(30)18-13-24-19(10-15(18)2)20-17(4)12-26-22(20)29;;/h9-11,13,17,20H,5-8,12H2,1-4H3,(H,26,29);2*1H/t17?,20-;;/m1../s1. The maximum Gasteiger partial charge on any atom is 0.255 e. The largest absolute Gasteiger partial charge is 0.355 e. The van der Waals surface area contributed by atoms with Crippen LogP contribution in [-0.4, -0.2) is 59.4 Å². The van der Waals surface area contributed by atoms with Gasteiger partial charge in [-0.2, -0.15) is 0 Å². The molecule has 0 aromatic carbocycles. The van der Waals surface area contributed by atoms with E-state index in [4.69, 9.17) is 0 Å². The number of aryl methyl sites for hydroxylation is 3. The van der Waals surface area contributed by atoms with Crippen LogP contribution in [0, 0.1) is 26.7 Å². The van der Waals surface area contributed by atoms with Gasteiger partial charge in [-0.1, -0.05) is 13.0 Å². The molecule has 2 atom stereocenters. The molecule has 0 saturated carbocycles. The molecule has 174 valence electrons. The molecule has 32 heavy (non-hydrogen) atoms. The second kappa shape index (κ2) is 10.5.